The van der Waals surface area contributed by atoms with E-state index in [1.165, 1.54) is 0 Å². The van der Waals surface area contributed by atoms with E-state index >= 15 is 0 Å². The lowest BCUT2D eigenvalue weighted by Gasteiger charge is -2.14. The van der Waals surface area contributed by atoms with Crippen LogP contribution in [0.3, 0.4) is 0 Å². The van der Waals surface area contributed by atoms with E-state index in [-0.39, 0.29) is 0 Å². The Morgan fingerprint density at radius 3 is 2.71 bits per heavy atom. The van der Waals surface area contributed by atoms with Gasteiger partial charge in [0.1, 0.15) is 17.2 Å². The van der Waals surface area contributed by atoms with E-state index in [0.29, 0.717) is 38.6 Å². The second-order valence-corrected chi connectivity index (χ2v) is 6.44. The van der Waals surface area contributed by atoms with Gasteiger partial charge in [-0.15, -0.1) is 0 Å². The molecule has 2 aromatic rings. The molecular formula is C12H8BrCl2N5S. The third kappa shape index (κ3) is 2.55. The highest BCUT2D eigenvalue weighted by Crippen LogP contribution is 2.48. The molecule has 1 aromatic carbocycles. The van der Waals surface area contributed by atoms with Gasteiger partial charge in [0.05, 0.1) is 43.4 Å². The molecule has 1 aromatic heterocycles. The minimum absolute atomic E-state index is 0.448. The number of hydrogen-bond donors (Lipinski definition) is 2. The van der Waals surface area contributed by atoms with Crippen molar-refractivity contribution >= 4 is 79.1 Å². The summed E-state index contributed by atoms with van der Waals surface area (Å²) < 4.78 is 9.17. The highest BCUT2D eigenvalue weighted by Gasteiger charge is 2.20. The number of rotatable bonds is 2. The van der Waals surface area contributed by atoms with Crippen molar-refractivity contribution in [2.75, 3.05) is 11.1 Å². The van der Waals surface area contributed by atoms with Crippen molar-refractivity contribution in [1.82, 2.24) is 4.98 Å². The van der Waals surface area contributed by atoms with Gasteiger partial charge < -0.3 is 11.1 Å². The lowest BCUT2D eigenvalue weighted by Crippen LogP contribution is -2.00. The standard InChI is InChI=1S/C12H8BrCl2N5S/c1-4-7(16)3-17-12(8(4)13)18-9-5(14)2-6(15)10-11(9)20-21-19-10/h2-3H,16H2,1H3,(H,17,18). The van der Waals surface area contributed by atoms with Crippen LogP contribution in [0.2, 0.25) is 10.0 Å². The van der Waals surface area contributed by atoms with Gasteiger partial charge in [0.2, 0.25) is 0 Å². The fourth-order valence-electron chi connectivity index (χ4n) is 1.79. The van der Waals surface area contributed by atoms with Crippen LogP contribution in [0.5, 0.6) is 0 Å². The maximum atomic E-state index is 6.26. The molecule has 5 nitrogen and oxygen atoms in total. The summed E-state index contributed by atoms with van der Waals surface area (Å²) >= 11 is 16.9. The number of benzene rings is 1. The molecule has 3 rings (SSSR count). The van der Waals surface area contributed by atoms with Crippen molar-refractivity contribution in [3.05, 3.63) is 32.3 Å². The van der Waals surface area contributed by atoms with Gasteiger partial charge in [0.25, 0.3) is 0 Å². The molecule has 0 unspecified atom stereocenters. The average Bonchev–Trinajstić information content (AvgIpc) is 2.93. The summed E-state index contributed by atoms with van der Waals surface area (Å²) in [5.74, 6) is 0.597. The first kappa shape index (κ1) is 14.8. The van der Waals surface area contributed by atoms with Gasteiger partial charge in [-0.2, -0.15) is 8.73 Å². The molecule has 0 atom stereocenters. The van der Waals surface area contributed by atoms with Crippen molar-refractivity contribution in [1.29, 1.82) is 0 Å². The molecule has 9 heteroatoms. The molecule has 0 amide bonds. The Hall–Kier alpha value is -1.15. The van der Waals surface area contributed by atoms with Crippen LogP contribution in [-0.2, 0) is 11.4 Å². The summed E-state index contributed by atoms with van der Waals surface area (Å²) in [6.07, 6.45) is 1.59. The van der Waals surface area contributed by atoms with Crippen molar-refractivity contribution in [3.8, 4) is 0 Å². The van der Waals surface area contributed by atoms with Gasteiger partial charge in [-0.25, -0.2) is 4.98 Å². The Kier molecular flexibility index (Phi) is 3.92. The maximum absolute atomic E-state index is 6.26. The summed E-state index contributed by atoms with van der Waals surface area (Å²) in [6.45, 7) is 1.90. The third-order valence-corrected chi connectivity index (χ3v) is 5.08. The molecule has 3 N–H and O–H groups in total. The van der Waals surface area contributed by atoms with Gasteiger partial charge >= 0.3 is 0 Å². The number of aromatic nitrogens is 1. The van der Waals surface area contributed by atoms with E-state index < -0.39 is 0 Å². The fourth-order valence-corrected chi connectivity index (χ4v) is 3.38. The second-order valence-electron chi connectivity index (χ2n) is 4.30. The van der Waals surface area contributed by atoms with E-state index in [1.807, 2.05) is 6.92 Å². The molecule has 0 aliphatic carbocycles. The number of hydrogen-bond acceptors (Lipinski definition) is 5. The predicted octanol–water partition coefficient (Wildman–Crippen LogP) is 5.51. The quantitative estimate of drug-likeness (QED) is 0.590. The zero-order valence-electron chi connectivity index (χ0n) is 10.6. The van der Waals surface area contributed by atoms with E-state index in [2.05, 4.69) is 35.0 Å². The van der Waals surface area contributed by atoms with Crippen LogP contribution < -0.4 is 11.1 Å². The number of fused-ring (bicyclic) bond motifs is 1. The van der Waals surface area contributed by atoms with Gasteiger partial charge in [-0.05, 0) is 34.5 Å². The maximum Gasteiger partial charge on any atom is 0.145 e. The predicted molar refractivity (Wildman–Crippen MR) is 92.4 cm³/mol. The summed E-state index contributed by atoms with van der Waals surface area (Å²) in [6, 6.07) is 1.63. The molecule has 1 aliphatic rings. The molecule has 0 fully saturated rings. The molecule has 0 spiro atoms. The molecule has 0 saturated heterocycles. The zero-order valence-corrected chi connectivity index (χ0v) is 14.5. The number of nitrogens with zero attached hydrogens (tertiary/aromatic N) is 3. The van der Waals surface area contributed by atoms with E-state index in [4.69, 9.17) is 28.9 Å². The summed E-state index contributed by atoms with van der Waals surface area (Å²) in [4.78, 5) is 4.27. The third-order valence-electron chi connectivity index (χ3n) is 2.99. The van der Waals surface area contributed by atoms with Crippen molar-refractivity contribution < 1.29 is 0 Å². The van der Waals surface area contributed by atoms with Crippen LogP contribution >= 0.6 is 39.1 Å². The largest absolute Gasteiger partial charge is 0.397 e. The highest BCUT2D eigenvalue weighted by atomic mass is 79.9. The highest BCUT2D eigenvalue weighted by molar-refractivity contribution is 9.10. The Balaban J connectivity index is 2.10. The number of nitrogens with two attached hydrogens (primary N) is 1. The van der Waals surface area contributed by atoms with E-state index in [0.717, 1.165) is 21.4 Å². The Morgan fingerprint density at radius 1 is 1.24 bits per heavy atom. The Morgan fingerprint density at radius 2 is 1.95 bits per heavy atom. The van der Waals surface area contributed by atoms with Crippen LogP contribution in [0, 0.1) is 6.92 Å². The first-order chi connectivity index (χ1) is 9.99. The van der Waals surface area contributed by atoms with E-state index in [1.54, 1.807) is 12.3 Å². The van der Waals surface area contributed by atoms with Gasteiger partial charge in [-0.1, -0.05) is 23.2 Å². The monoisotopic (exact) mass is 403 g/mol. The van der Waals surface area contributed by atoms with Gasteiger partial charge in [0.15, 0.2) is 0 Å². The van der Waals surface area contributed by atoms with Crippen LogP contribution in [0.25, 0.3) is 0 Å². The molecule has 1 aliphatic heterocycles. The van der Waals surface area contributed by atoms with Gasteiger partial charge in [-0.3, -0.25) is 0 Å². The molecule has 0 radical (unpaired) electrons. The van der Waals surface area contributed by atoms with Crippen molar-refractivity contribution in [3.63, 3.8) is 0 Å². The molecule has 108 valence electrons. The van der Waals surface area contributed by atoms with E-state index in [9.17, 15) is 0 Å². The molecule has 0 saturated carbocycles. The van der Waals surface area contributed by atoms with Crippen LogP contribution in [-0.4, -0.2) is 4.98 Å². The minimum Gasteiger partial charge on any atom is -0.397 e. The lowest BCUT2D eigenvalue weighted by molar-refractivity contribution is 1.25. The van der Waals surface area contributed by atoms with Crippen LogP contribution in [0.15, 0.2) is 25.5 Å². The Bertz CT molecular complexity index is 833. The molecular weight excluding hydrogens is 397 g/mol. The lowest BCUT2D eigenvalue weighted by atomic mass is 10.2. The molecule has 0 bridgehead atoms. The SMILES string of the molecule is Cc1c(N)cnc(Nc2c(Cl)cc(Cl)c3c2N=S=N3)c1Br. The number of halogens is 3. The zero-order chi connectivity index (χ0) is 15.1. The summed E-state index contributed by atoms with van der Waals surface area (Å²) in [5.41, 5.74) is 9.16. The van der Waals surface area contributed by atoms with Crippen LogP contribution in [0.4, 0.5) is 28.6 Å². The average molecular weight is 405 g/mol. The number of nitrogen functional groups attached to an aromatic ring is 1. The normalized spacial score (nSPS) is 12.2. The van der Waals surface area contributed by atoms with Crippen molar-refractivity contribution in [2.45, 2.75) is 6.92 Å². The molecule has 2 heterocycles. The minimum atomic E-state index is 0.448. The smallest absolute Gasteiger partial charge is 0.145 e. The number of pyridine rings is 1. The molecule has 21 heavy (non-hydrogen) atoms. The van der Waals surface area contributed by atoms with Gasteiger partial charge in [0, 0.05) is 0 Å². The first-order valence-electron chi connectivity index (χ1n) is 5.77. The van der Waals surface area contributed by atoms with Crippen LogP contribution in [0.1, 0.15) is 5.56 Å². The number of anilines is 3. The Labute approximate surface area is 142 Å². The summed E-state index contributed by atoms with van der Waals surface area (Å²) in [7, 11) is 0. The first-order valence-corrected chi connectivity index (χ1v) is 8.05. The fraction of sp³-hybridized carbons (Fsp3) is 0.0833. The second kappa shape index (κ2) is 5.57. The summed E-state index contributed by atoms with van der Waals surface area (Å²) in [5, 5.41) is 4.08. The number of nitrogens with one attached hydrogen (secondary N) is 1. The topological polar surface area (TPSA) is 75.7 Å². The van der Waals surface area contributed by atoms with Crippen molar-refractivity contribution in [2.24, 2.45) is 8.73 Å².